The van der Waals surface area contributed by atoms with Gasteiger partial charge >= 0.3 is 0 Å². The summed E-state index contributed by atoms with van der Waals surface area (Å²) in [6.45, 7) is 14.8. The Bertz CT molecular complexity index is 1320. The van der Waals surface area contributed by atoms with Gasteiger partial charge in [0.1, 0.15) is 0 Å². The fraction of sp³-hybridized carbons (Fsp3) is 0. The second-order valence-corrected chi connectivity index (χ2v) is 6.67. The number of hydrogen-bond acceptors (Lipinski definition) is 3. The van der Waals surface area contributed by atoms with E-state index in [-0.39, 0.29) is 0 Å². The highest BCUT2D eigenvalue weighted by molar-refractivity contribution is 5.94. The number of hydrogen-bond donors (Lipinski definition) is 0. The summed E-state index contributed by atoms with van der Waals surface area (Å²) < 4.78 is 6.11. The molecule has 0 saturated carbocycles. The van der Waals surface area contributed by atoms with Crippen LogP contribution in [0.15, 0.2) is 85.1 Å². The van der Waals surface area contributed by atoms with Crippen molar-refractivity contribution in [2.45, 2.75) is 0 Å². The van der Waals surface area contributed by atoms with E-state index in [0.29, 0.717) is 17.1 Å². The lowest BCUT2D eigenvalue weighted by Crippen LogP contribution is -2.16. The first-order valence-corrected chi connectivity index (χ1v) is 9.30. The molecule has 5 heteroatoms. The Morgan fingerprint density at radius 1 is 0.733 bits per heavy atom. The molecular formula is C25H14N4O. The smallest absolute Gasteiger partial charge is 0.203 e. The molecule has 0 atom stereocenters. The molecule has 0 spiro atoms. The SMILES string of the molecule is [C-]#[N+]c1cnc(-c2ccccc2N2c3ccccc3Oc3ccccc32)c([N+]#[C-])c1. The van der Waals surface area contributed by atoms with Crippen LogP contribution in [-0.2, 0) is 0 Å². The fourth-order valence-corrected chi connectivity index (χ4v) is 3.63. The normalized spacial score (nSPS) is 11.5. The Hall–Kier alpha value is -4.61. The van der Waals surface area contributed by atoms with Crippen LogP contribution >= 0.6 is 0 Å². The Morgan fingerprint density at radius 2 is 1.33 bits per heavy atom. The van der Waals surface area contributed by atoms with E-state index in [1.807, 2.05) is 72.8 Å². The molecule has 0 N–H and O–H groups in total. The molecule has 0 amide bonds. The van der Waals surface area contributed by atoms with Crippen molar-refractivity contribution in [1.29, 1.82) is 0 Å². The van der Waals surface area contributed by atoms with Crippen molar-refractivity contribution < 1.29 is 4.74 Å². The minimum atomic E-state index is 0.351. The van der Waals surface area contributed by atoms with E-state index in [2.05, 4.69) is 19.6 Å². The van der Waals surface area contributed by atoms with Crippen molar-refractivity contribution in [1.82, 2.24) is 4.98 Å². The molecule has 0 fully saturated rings. The highest BCUT2D eigenvalue weighted by atomic mass is 16.5. The average molecular weight is 386 g/mol. The van der Waals surface area contributed by atoms with E-state index in [0.717, 1.165) is 34.1 Å². The van der Waals surface area contributed by atoms with Crippen molar-refractivity contribution in [2.75, 3.05) is 4.90 Å². The van der Waals surface area contributed by atoms with Crippen LogP contribution in [-0.4, -0.2) is 4.98 Å². The molecule has 0 saturated heterocycles. The summed E-state index contributed by atoms with van der Waals surface area (Å²) in [4.78, 5) is 13.6. The third kappa shape index (κ3) is 2.74. The number of pyridine rings is 1. The Morgan fingerprint density at radius 3 is 1.97 bits per heavy atom. The van der Waals surface area contributed by atoms with E-state index < -0.39 is 0 Å². The third-order valence-corrected chi connectivity index (χ3v) is 4.93. The molecule has 1 aliphatic heterocycles. The summed E-state index contributed by atoms with van der Waals surface area (Å²) >= 11 is 0. The molecule has 2 heterocycles. The maximum absolute atomic E-state index is 7.60. The van der Waals surface area contributed by atoms with Crippen LogP contribution in [0.4, 0.5) is 28.4 Å². The lowest BCUT2D eigenvalue weighted by molar-refractivity contribution is 0.477. The van der Waals surface area contributed by atoms with Gasteiger partial charge in [-0.1, -0.05) is 42.5 Å². The van der Waals surface area contributed by atoms with E-state index >= 15 is 0 Å². The molecular weight excluding hydrogens is 372 g/mol. The zero-order valence-corrected chi connectivity index (χ0v) is 15.8. The van der Waals surface area contributed by atoms with Crippen molar-refractivity contribution in [3.05, 3.63) is 108 Å². The number of rotatable bonds is 2. The Labute approximate surface area is 174 Å². The van der Waals surface area contributed by atoms with Crippen LogP contribution in [0.3, 0.4) is 0 Å². The van der Waals surface area contributed by atoms with Crippen molar-refractivity contribution in [2.24, 2.45) is 0 Å². The number of ether oxygens (including phenoxy) is 1. The molecule has 1 aromatic heterocycles. The van der Waals surface area contributed by atoms with Crippen LogP contribution in [0.2, 0.25) is 0 Å². The van der Waals surface area contributed by atoms with Crippen LogP contribution in [0.25, 0.3) is 20.9 Å². The number of para-hydroxylation sites is 5. The van der Waals surface area contributed by atoms with Gasteiger partial charge in [0.15, 0.2) is 17.2 Å². The number of benzene rings is 3. The maximum atomic E-state index is 7.60. The van der Waals surface area contributed by atoms with Crippen LogP contribution in [0.1, 0.15) is 0 Å². The summed E-state index contributed by atoms with van der Waals surface area (Å²) in [6, 6.07) is 25.1. The Kier molecular flexibility index (Phi) is 4.13. The highest BCUT2D eigenvalue weighted by Gasteiger charge is 2.27. The van der Waals surface area contributed by atoms with Gasteiger partial charge in [0.25, 0.3) is 0 Å². The van der Waals surface area contributed by atoms with Gasteiger partial charge < -0.3 is 9.64 Å². The molecule has 5 nitrogen and oxygen atoms in total. The molecule has 5 rings (SSSR count). The first kappa shape index (κ1) is 17.5. The summed E-state index contributed by atoms with van der Waals surface area (Å²) in [6.07, 6.45) is 1.51. The molecule has 0 radical (unpaired) electrons. The molecule has 0 aliphatic carbocycles. The summed E-state index contributed by atoms with van der Waals surface area (Å²) in [7, 11) is 0. The summed E-state index contributed by atoms with van der Waals surface area (Å²) in [5.41, 5.74) is 4.77. The van der Waals surface area contributed by atoms with Gasteiger partial charge in [0, 0.05) is 11.8 Å². The Balaban J connectivity index is 1.78. The lowest BCUT2D eigenvalue weighted by Gasteiger charge is -2.34. The largest absolute Gasteiger partial charge is 0.453 e. The molecule has 140 valence electrons. The molecule has 4 aromatic rings. The van der Waals surface area contributed by atoms with Crippen LogP contribution < -0.4 is 9.64 Å². The third-order valence-electron chi connectivity index (χ3n) is 4.93. The van der Waals surface area contributed by atoms with E-state index in [1.54, 1.807) is 6.07 Å². The predicted molar refractivity (Wildman–Crippen MR) is 117 cm³/mol. The minimum Gasteiger partial charge on any atom is -0.453 e. The first-order chi connectivity index (χ1) is 14.8. The van der Waals surface area contributed by atoms with Crippen LogP contribution in [0, 0.1) is 13.1 Å². The van der Waals surface area contributed by atoms with Crippen LogP contribution in [0.5, 0.6) is 11.5 Å². The van der Waals surface area contributed by atoms with E-state index in [4.69, 9.17) is 17.9 Å². The molecule has 0 bridgehead atoms. The van der Waals surface area contributed by atoms with Crippen molar-refractivity contribution in [3.8, 4) is 22.8 Å². The van der Waals surface area contributed by atoms with Gasteiger partial charge in [-0.05, 0) is 36.4 Å². The van der Waals surface area contributed by atoms with Gasteiger partial charge in [-0.15, -0.1) is 0 Å². The maximum Gasteiger partial charge on any atom is 0.203 e. The van der Waals surface area contributed by atoms with Gasteiger partial charge in [-0.25, -0.2) is 9.69 Å². The number of aromatic nitrogens is 1. The number of anilines is 3. The molecule has 1 aliphatic rings. The fourth-order valence-electron chi connectivity index (χ4n) is 3.63. The molecule has 3 aromatic carbocycles. The predicted octanol–water partition coefficient (Wildman–Crippen LogP) is 7.43. The summed E-state index contributed by atoms with van der Waals surface area (Å²) in [5.74, 6) is 1.51. The molecule has 30 heavy (non-hydrogen) atoms. The van der Waals surface area contributed by atoms with Gasteiger partial charge in [-0.2, -0.15) is 0 Å². The minimum absolute atomic E-state index is 0.351. The van der Waals surface area contributed by atoms with Gasteiger partial charge in [-0.3, -0.25) is 4.98 Å². The number of nitrogens with zero attached hydrogens (tertiary/aromatic N) is 4. The second-order valence-electron chi connectivity index (χ2n) is 6.67. The first-order valence-electron chi connectivity index (χ1n) is 9.30. The summed E-state index contributed by atoms with van der Waals surface area (Å²) in [5, 5.41) is 0. The monoisotopic (exact) mass is 386 g/mol. The van der Waals surface area contributed by atoms with Crippen molar-refractivity contribution in [3.63, 3.8) is 0 Å². The average Bonchev–Trinajstić information content (AvgIpc) is 2.82. The standard InChI is InChI=1S/C25H14N4O/c1-26-17-15-19(27-2)25(28-16-17)18-9-3-4-10-20(18)29-21-11-5-7-13-23(21)30-24-14-8-6-12-22(24)29/h3-16H. The highest BCUT2D eigenvalue weighted by Crippen LogP contribution is 2.52. The zero-order chi connectivity index (χ0) is 20.5. The number of fused-ring (bicyclic) bond motifs is 2. The molecule has 0 unspecified atom stereocenters. The topological polar surface area (TPSA) is 34.1 Å². The van der Waals surface area contributed by atoms with Gasteiger partial charge in [0.2, 0.25) is 5.69 Å². The van der Waals surface area contributed by atoms with E-state index in [1.165, 1.54) is 6.20 Å². The quantitative estimate of drug-likeness (QED) is 0.296. The zero-order valence-electron chi connectivity index (χ0n) is 15.8. The lowest BCUT2D eigenvalue weighted by atomic mass is 10.0. The second kappa shape index (κ2) is 7.09. The van der Waals surface area contributed by atoms with Gasteiger partial charge in [0.05, 0.1) is 35.9 Å². The van der Waals surface area contributed by atoms with Crippen molar-refractivity contribution >= 4 is 28.4 Å². The van der Waals surface area contributed by atoms with E-state index in [9.17, 15) is 0 Å².